The van der Waals surface area contributed by atoms with Crippen LogP contribution in [-0.2, 0) is 0 Å². The van der Waals surface area contributed by atoms with E-state index in [1.54, 1.807) is 0 Å². The molecule has 1 heterocycles. The van der Waals surface area contributed by atoms with E-state index >= 15 is 0 Å². The lowest BCUT2D eigenvalue weighted by molar-refractivity contribution is 0.345. The van der Waals surface area contributed by atoms with Crippen LogP contribution in [0, 0.1) is 5.41 Å². The second-order valence-electron chi connectivity index (χ2n) is 5.87. The van der Waals surface area contributed by atoms with Crippen molar-refractivity contribution in [3.63, 3.8) is 0 Å². The molecular formula is C14H22N2. The van der Waals surface area contributed by atoms with E-state index in [0.29, 0.717) is 11.5 Å². The van der Waals surface area contributed by atoms with Gasteiger partial charge < -0.3 is 10.6 Å². The van der Waals surface area contributed by atoms with Crippen molar-refractivity contribution in [1.29, 1.82) is 0 Å². The predicted molar refractivity (Wildman–Crippen MR) is 71.0 cm³/mol. The lowest BCUT2D eigenvalue weighted by Gasteiger charge is -2.26. The molecule has 0 fully saturated rings. The Kier molecular flexibility index (Phi) is 3.08. The zero-order valence-corrected chi connectivity index (χ0v) is 10.5. The normalized spacial score (nSPS) is 20.3. The molecule has 0 aliphatic carbocycles. The number of fused-ring (bicyclic) bond motifs is 1. The molecule has 1 aliphatic heterocycles. The highest BCUT2D eigenvalue weighted by atomic mass is 15.0. The number of hydrogen-bond acceptors (Lipinski definition) is 2. The standard InChI is InChI=1S/C14H22N2/c1-14(2,3)10-11-8-9-15-12-6-4-5-7-13(12)16-11/h4-7,11,15-16H,8-10H2,1-3H3. The van der Waals surface area contributed by atoms with Gasteiger partial charge >= 0.3 is 0 Å². The minimum Gasteiger partial charge on any atom is -0.383 e. The van der Waals surface area contributed by atoms with E-state index in [0.717, 1.165) is 6.54 Å². The number of hydrogen-bond donors (Lipinski definition) is 2. The van der Waals surface area contributed by atoms with Gasteiger partial charge in [0.15, 0.2) is 0 Å². The summed E-state index contributed by atoms with van der Waals surface area (Å²) in [6.45, 7) is 7.97. The molecule has 0 spiro atoms. The summed E-state index contributed by atoms with van der Waals surface area (Å²) in [7, 11) is 0. The van der Waals surface area contributed by atoms with Crippen LogP contribution in [0.15, 0.2) is 24.3 Å². The van der Waals surface area contributed by atoms with Gasteiger partial charge in [-0.05, 0) is 30.4 Å². The third-order valence-corrected chi connectivity index (χ3v) is 2.95. The quantitative estimate of drug-likeness (QED) is 0.750. The van der Waals surface area contributed by atoms with Crippen molar-refractivity contribution in [3.8, 4) is 0 Å². The molecule has 1 atom stereocenters. The maximum Gasteiger partial charge on any atom is 0.0578 e. The van der Waals surface area contributed by atoms with Crippen LogP contribution in [0.3, 0.4) is 0 Å². The molecule has 1 unspecified atom stereocenters. The van der Waals surface area contributed by atoms with Crippen LogP contribution >= 0.6 is 0 Å². The SMILES string of the molecule is CC(C)(C)CC1CCNc2ccccc2N1. The Morgan fingerprint density at radius 2 is 1.88 bits per heavy atom. The van der Waals surface area contributed by atoms with Crippen LogP contribution in [0.1, 0.15) is 33.6 Å². The molecule has 88 valence electrons. The average Bonchev–Trinajstić information content (AvgIpc) is 2.36. The monoisotopic (exact) mass is 218 g/mol. The Hall–Kier alpha value is -1.18. The van der Waals surface area contributed by atoms with E-state index in [1.807, 2.05) is 0 Å². The van der Waals surface area contributed by atoms with Crippen LogP contribution < -0.4 is 10.6 Å². The van der Waals surface area contributed by atoms with Crippen LogP contribution in [0.4, 0.5) is 11.4 Å². The van der Waals surface area contributed by atoms with Crippen molar-refractivity contribution in [1.82, 2.24) is 0 Å². The van der Waals surface area contributed by atoms with Crippen LogP contribution in [0.25, 0.3) is 0 Å². The van der Waals surface area contributed by atoms with Gasteiger partial charge in [-0.1, -0.05) is 32.9 Å². The van der Waals surface area contributed by atoms with Crippen molar-refractivity contribution in [2.75, 3.05) is 17.2 Å². The van der Waals surface area contributed by atoms with Crippen molar-refractivity contribution in [2.24, 2.45) is 5.41 Å². The van der Waals surface area contributed by atoms with Gasteiger partial charge in [0.2, 0.25) is 0 Å². The van der Waals surface area contributed by atoms with Crippen LogP contribution in [-0.4, -0.2) is 12.6 Å². The van der Waals surface area contributed by atoms with Crippen molar-refractivity contribution < 1.29 is 0 Å². The number of para-hydroxylation sites is 2. The highest BCUT2D eigenvalue weighted by molar-refractivity contribution is 5.69. The van der Waals surface area contributed by atoms with E-state index in [2.05, 4.69) is 55.7 Å². The number of benzene rings is 1. The topological polar surface area (TPSA) is 24.1 Å². The molecule has 0 saturated heterocycles. The summed E-state index contributed by atoms with van der Waals surface area (Å²) in [6, 6.07) is 9.05. The number of nitrogens with one attached hydrogen (secondary N) is 2. The maximum atomic E-state index is 3.65. The smallest absolute Gasteiger partial charge is 0.0578 e. The molecular weight excluding hydrogens is 196 g/mol. The van der Waals surface area contributed by atoms with E-state index in [9.17, 15) is 0 Å². The zero-order valence-electron chi connectivity index (χ0n) is 10.5. The van der Waals surface area contributed by atoms with E-state index < -0.39 is 0 Å². The lowest BCUT2D eigenvalue weighted by Crippen LogP contribution is -2.25. The van der Waals surface area contributed by atoms with Crippen molar-refractivity contribution in [2.45, 2.75) is 39.7 Å². The fraction of sp³-hybridized carbons (Fsp3) is 0.571. The fourth-order valence-electron chi connectivity index (χ4n) is 2.33. The lowest BCUT2D eigenvalue weighted by atomic mass is 9.87. The first-order chi connectivity index (χ1) is 7.54. The second kappa shape index (κ2) is 4.36. The molecule has 0 bridgehead atoms. The summed E-state index contributed by atoms with van der Waals surface area (Å²) in [5.41, 5.74) is 2.87. The summed E-state index contributed by atoms with van der Waals surface area (Å²) in [6.07, 6.45) is 2.40. The minimum absolute atomic E-state index is 0.386. The number of anilines is 2. The molecule has 1 aliphatic rings. The molecule has 0 aromatic heterocycles. The average molecular weight is 218 g/mol. The highest BCUT2D eigenvalue weighted by Gasteiger charge is 2.21. The summed E-state index contributed by atoms with van der Waals surface area (Å²) in [5, 5.41) is 7.13. The van der Waals surface area contributed by atoms with Gasteiger partial charge in [-0.25, -0.2) is 0 Å². The van der Waals surface area contributed by atoms with E-state index in [4.69, 9.17) is 0 Å². The van der Waals surface area contributed by atoms with Gasteiger partial charge in [-0.15, -0.1) is 0 Å². The molecule has 1 aromatic carbocycles. The zero-order chi connectivity index (χ0) is 11.6. The van der Waals surface area contributed by atoms with Gasteiger partial charge in [0, 0.05) is 12.6 Å². The maximum absolute atomic E-state index is 3.65. The van der Waals surface area contributed by atoms with Gasteiger partial charge in [-0.2, -0.15) is 0 Å². The second-order valence-corrected chi connectivity index (χ2v) is 5.87. The Balaban J connectivity index is 2.11. The van der Waals surface area contributed by atoms with Crippen molar-refractivity contribution >= 4 is 11.4 Å². The number of rotatable bonds is 1. The first-order valence-electron chi connectivity index (χ1n) is 6.14. The molecule has 2 rings (SSSR count). The summed E-state index contributed by atoms with van der Waals surface area (Å²) >= 11 is 0. The summed E-state index contributed by atoms with van der Waals surface area (Å²) in [4.78, 5) is 0. The highest BCUT2D eigenvalue weighted by Crippen LogP contribution is 2.29. The molecule has 0 radical (unpaired) electrons. The molecule has 2 nitrogen and oxygen atoms in total. The van der Waals surface area contributed by atoms with Gasteiger partial charge in [-0.3, -0.25) is 0 Å². The van der Waals surface area contributed by atoms with Gasteiger partial charge in [0.1, 0.15) is 0 Å². The summed E-state index contributed by atoms with van der Waals surface area (Å²) < 4.78 is 0. The van der Waals surface area contributed by atoms with Crippen LogP contribution in [0.5, 0.6) is 0 Å². The molecule has 0 amide bonds. The molecule has 2 heteroatoms. The third kappa shape index (κ3) is 2.91. The molecule has 1 aromatic rings. The van der Waals surface area contributed by atoms with Gasteiger partial charge in [0.05, 0.1) is 11.4 Å². The predicted octanol–water partition coefficient (Wildman–Crippen LogP) is 3.72. The first kappa shape index (κ1) is 11.3. The Morgan fingerprint density at radius 3 is 2.56 bits per heavy atom. The molecule has 16 heavy (non-hydrogen) atoms. The fourth-order valence-corrected chi connectivity index (χ4v) is 2.33. The summed E-state index contributed by atoms with van der Waals surface area (Å²) in [5.74, 6) is 0. The Morgan fingerprint density at radius 1 is 1.19 bits per heavy atom. The molecule has 0 saturated carbocycles. The van der Waals surface area contributed by atoms with E-state index in [-0.39, 0.29) is 0 Å². The largest absolute Gasteiger partial charge is 0.383 e. The van der Waals surface area contributed by atoms with E-state index in [1.165, 1.54) is 24.2 Å². The molecule has 2 N–H and O–H groups in total. The van der Waals surface area contributed by atoms with Gasteiger partial charge in [0.25, 0.3) is 0 Å². The van der Waals surface area contributed by atoms with Crippen LogP contribution in [0.2, 0.25) is 0 Å². The van der Waals surface area contributed by atoms with Crippen molar-refractivity contribution in [3.05, 3.63) is 24.3 Å². The Bertz CT molecular complexity index is 352. The third-order valence-electron chi connectivity index (χ3n) is 2.95. The Labute approximate surface area is 98.4 Å². The first-order valence-corrected chi connectivity index (χ1v) is 6.14. The minimum atomic E-state index is 0.386.